The number of fused-ring (bicyclic) bond motifs is 1. The van der Waals surface area contributed by atoms with Gasteiger partial charge in [-0.25, -0.2) is 0 Å². The van der Waals surface area contributed by atoms with Gasteiger partial charge in [0.05, 0.1) is 6.04 Å². The van der Waals surface area contributed by atoms with Gasteiger partial charge in [-0.2, -0.15) is 0 Å². The molecule has 1 aliphatic heterocycles. The van der Waals surface area contributed by atoms with E-state index in [-0.39, 0.29) is 6.04 Å². The highest BCUT2D eigenvalue weighted by molar-refractivity contribution is 5.53. The van der Waals surface area contributed by atoms with Crippen molar-refractivity contribution < 1.29 is 5.11 Å². The number of nitrogens with zero attached hydrogens (tertiary/aromatic N) is 3. The molecule has 0 fully saturated rings. The second kappa shape index (κ2) is 8.75. The second-order valence-corrected chi connectivity index (χ2v) is 7.75. The summed E-state index contributed by atoms with van der Waals surface area (Å²) in [6, 6.07) is 21.4. The van der Waals surface area contributed by atoms with Gasteiger partial charge in [0, 0.05) is 61.9 Å². The fraction of sp³-hybridized carbons (Fsp3) is 0.360. The Balaban J connectivity index is 1.66. The molecule has 2 aromatic carbocycles. The van der Waals surface area contributed by atoms with E-state index in [1.165, 1.54) is 11.3 Å². The molecule has 4 rings (SSSR count). The van der Waals surface area contributed by atoms with Crippen molar-refractivity contribution in [1.82, 2.24) is 9.47 Å². The van der Waals surface area contributed by atoms with Gasteiger partial charge in [0.25, 0.3) is 0 Å². The van der Waals surface area contributed by atoms with Crippen molar-refractivity contribution in [1.29, 1.82) is 0 Å². The summed E-state index contributed by atoms with van der Waals surface area (Å²) in [7, 11) is 0. The van der Waals surface area contributed by atoms with E-state index >= 15 is 0 Å². The van der Waals surface area contributed by atoms with Crippen LogP contribution in [0.1, 0.15) is 43.1 Å². The van der Waals surface area contributed by atoms with E-state index in [1.807, 2.05) is 6.07 Å². The molecule has 29 heavy (non-hydrogen) atoms. The van der Waals surface area contributed by atoms with Crippen LogP contribution in [-0.2, 0) is 13.1 Å². The first-order valence-corrected chi connectivity index (χ1v) is 10.7. The lowest BCUT2D eigenvalue weighted by molar-refractivity contribution is 0.218. The van der Waals surface area contributed by atoms with Gasteiger partial charge in [-0.1, -0.05) is 36.4 Å². The molecule has 0 spiro atoms. The highest BCUT2D eigenvalue weighted by atomic mass is 16.3. The van der Waals surface area contributed by atoms with Gasteiger partial charge in [0.15, 0.2) is 0 Å². The first-order chi connectivity index (χ1) is 14.2. The first kappa shape index (κ1) is 19.6. The molecule has 3 aromatic rings. The Bertz CT molecular complexity index is 930. The summed E-state index contributed by atoms with van der Waals surface area (Å²) < 4.78 is 2.38. The molecule has 1 unspecified atom stereocenters. The number of aryl methyl sites for hydroxylation is 1. The van der Waals surface area contributed by atoms with Crippen LogP contribution >= 0.6 is 0 Å². The van der Waals surface area contributed by atoms with Crippen molar-refractivity contribution in [3.05, 3.63) is 83.7 Å². The predicted molar refractivity (Wildman–Crippen MR) is 119 cm³/mol. The number of benzene rings is 2. The standard InChI is InChI=1S/C25H31N3O/c1-3-26(4-2)22-14-13-21(24(29)18-22)19-28-17-9-16-27-15-8-12-23(27)25(28)20-10-6-5-7-11-20/h5-8,10-15,18,25,29H,3-4,9,16-17,19H2,1-2H3. The molecule has 0 amide bonds. The van der Waals surface area contributed by atoms with Crippen LogP contribution in [0.3, 0.4) is 0 Å². The summed E-state index contributed by atoms with van der Waals surface area (Å²) in [5, 5.41) is 10.8. The van der Waals surface area contributed by atoms with Crippen LogP contribution in [0.2, 0.25) is 0 Å². The molecule has 0 saturated heterocycles. The van der Waals surface area contributed by atoms with E-state index < -0.39 is 0 Å². The molecule has 152 valence electrons. The van der Waals surface area contributed by atoms with E-state index in [0.29, 0.717) is 5.75 Å². The van der Waals surface area contributed by atoms with Crippen LogP contribution in [0, 0.1) is 0 Å². The summed E-state index contributed by atoms with van der Waals surface area (Å²) >= 11 is 0. The lowest BCUT2D eigenvalue weighted by Crippen LogP contribution is -2.29. The molecule has 1 aromatic heterocycles. The summed E-state index contributed by atoms with van der Waals surface area (Å²) in [5.74, 6) is 0.390. The Labute approximate surface area is 174 Å². The van der Waals surface area contributed by atoms with Gasteiger partial charge in [0.1, 0.15) is 5.75 Å². The Morgan fingerprint density at radius 3 is 2.48 bits per heavy atom. The Morgan fingerprint density at radius 1 is 0.966 bits per heavy atom. The summed E-state index contributed by atoms with van der Waals surface area (Å²) in [5.41, 5.74) is 4.70. The molecule has 1 N–H and O–H groups in total. The number of aromatic nitrogens is 1. The maximum absolute atomic E-state index is 10.8. The molecule has 1 aliphatic rings. The van der Waals surface area contributed by atoms with Crippen LogP contribution in [0.5, 0.6) is 5.75 Å². The van der Waals surface area contributed by atoms with Gasteiger partial charge in [0.2, 0.25) is 0 Å². The zero-order chi connectivity index (χ0) is 20.2. The lowest BCUT2D eigenvalue weighted by atomic mass is 10.0. The number of phenolic OH excluding ortho intramolecular Hbond substituents is 1. The van der Waals surface area contributed by atoms with E-state index in [4.69, 9.17) is 0 Å². The summed E-state index contributed by atoms with van der Waals surface area (Å²) in [6.07, 6.45) is 3.29. The summed E-state index contributed by atoms with van der Waals surface area (Å²) in [4.78, 5) is 4.76. The lowest BCUT2D eigenvalue weighted by Gasteiger charge is -2.31. The number of hydrogen-bond acceptors (Lipinski definition) is 3. The van der Waals surface area contributed by atoms with Crippen molar-refractivity contribution in [3.8, 4) is 5.75 Å². The minimum atomic E-state index is 0.190. The first-order valence-electron chi connectivity index (χ1n) is 10.7. The van der Waals surface area contributed by atoms with E-state index in [1.54, 1.807) is 0 Å². The number of rotatable bonds is 6. The number of hydrogen-bond donors (Lipinski definition) is 1. The highest BCUT2D eigenvalue weighted by Crippen LogP contribution is 2.35. The average molecular weight is 390 g/mol. The molecule has 0 saturated carbocycles. The van der Waals surface area contributed by atoms with Gasteiger partial charge in [-0.05, 0) is 44.0 Å². The minimum absolute atomic E-state index is 0.190. The van der Waals surface area contributed by atoms with Gasteiger partial charge >= 0.3 is 0 Å². The van der Waals surface area contributed by atoms with Crippen molar-refractivity contribution in [2.24, 2.45) is 0 Å². The predicted octanol–water partition coefficient (Wildman–Crippen LogP) is 5.04. The van der Waals surface area contributed by atoms with Crippen LogP contribution in [0.15, 0.2) is 66.9 Å². The highest BCUT2D eigenvalue weighted by Gasteiger charge is 2.27. The molecular formula is C25H31N3O. The Kier molecular flexibility index (Phi) is 5.91. The van der Waals surface area contributed by atoms with Crippen molar-refractivity contribution in [2.75, 3.05) is 24.5 Å². The minimum Gasteiger partial charge on any atom is -0.508 e. The topological polar surface area (TPSA) is 31.6 Å². The maximum atomic E-state index is 10.8. The zero-order valence-corrected chi connectivity index (χ0v) is 17.5. The molecular weight excluding hydrogens is 358 g/mol. The third kappa shape index (κ3) is 4.03. The fourth-order valence-electron chi connectivity index (χ4n) is 4.52. The molecule has 2 heterocycles. The van der Waals surface area contributed by atoms with Crippen LogP contribution in [-0.4, -0.2) is 34.2 Å². The third-order valence-corrected chi connectivity index (χ3v) is 6.04. The Hall–Kier alpha value is -2.72. The van der Waals surface area contributed by atoms with Gasteiger partial charge in [-0.3, -0.25) is 4.90 Å². The van der Waals surface area contributed by atoms with Gasteiger partial charge in [-0.15, -0.1) is 0 Å². The smallest absolute Gasteiger partial charge is 0.122 e. The van der Waals surface area contributed by atoms with Crippen molar-refractivity contribution >= 4 is 5.69 Å². The molecule has 0 bridgehead atoms. The number of aromatic hydroxyl groups is 1. The monoisotopic (exact) mass is 389 g/mol. The molecule has 4 heteroatoms. The van der Waals surface area contributed by atoms with Crippen molar-refractivity contribution in [3.63, 3.8) is 0 Å². The second-order valence-electron chi connectivity index (χ2n) is 7.75. The molecule has 4 nitrogen and oxygen atoms in total. The van der Waals surface area contributed by atoms with Crippen LogP contribution in [0.25, 0.3) is 0 Å². The van der Waals surface area contributed by atoms with Crippen molar-refractivity contribution in [2.45, 2.75) is 39.4 Å². The summed E-state index contributed by atoms with van der Waals surface area (Å²) in [6.45, 7) is 8.93. The normalized spacial score (nSPS) is 17.0. The maximum Gasteiger partial charge on any atom is 0.122 e. The van der Waals surface area contributed by atoms with Gasteiger partial charge < -0.3 is 14.6 Å². The van der Waals surface area contributed by atoms with Crippen LogP contribution in [0.4, 0.5) is 5.69 Å². The quantitative estimate of drug-likeness (QED) is 0.641. The zero-order valence-electron chi connectivity index (χ0n) is 17.5. The Morgan fingerprint density at radius 2 is 1.76 bits per heavy atom. The van der Waals surface area contributed by atoms with E-state index in [9.17, 15) is 5.11 Å². The molecule has 1 atom stereocenters. The average Bonchev–Trinajstić information content (AvgIpc) is 3.12. The van der Waals surface area contributed by atoms with Crippen LogP contribution < -0.4 is 4.90 Å². The van der Waals surface area contributed by atoms with E-state index in [0.717, 1.165) is 50.4 Å². The third-order valence-electron chi connectivity index (χ3n) is 6.04. The van der Waals surface area contributed by atoms with E-state index in [2.05, 4.69) is 89.0 Å². The largest absolute Gasteiger partial charge is 0.508 e. The molecule has 0 aliphatic carbocycles. The fourth-order valence-corrected chi connectivity index (χ4v) is 4.52. The number of anilines is 1. The SMILES string of the molecule is CCN(CC)c1ccc(CN2CCCn3cccc3C2c2ccccc2)c(O)c1. The number of phenols is 1. The molecule has 0 radical (unpaired) electrons.